The highest BCUT2D eigenvalue weighted by atomic mass is 15.3. The molecule has 3 heterocycles. The molecule has 0 spiro atoms. The minimum absolute atomic E-state index is 0.237. The van der Waals surface area contributed by atoms with Crippen molar-refractivity contribution in [1.29, 1.82) is 5.26 Å². The molecule has 0 bridgehead atoms. The summed E-state index contributed by atoms with van der Waals surface area (Å²) in [5.74, 6) is 0. The number of nitrogens with zero attached hydrogens (tertiary/aromatic N) is 4. The van der Waals surface area contributed by atoms with Crippen molar-refractivity contribution in [2.75, 3.05) is 0 Å². The molecular formula is C20H20N4. The summed E-state index contributed by atoms with van der Waals surface area (Å²) in [6, 6.07) is 10.8. The van der Waals surface area contributed by atoms with Crippen LogP contribution < -0.4 is 0 Å². The Balaban J connectivity index is 1.91. The summed E-state index contributed by atoms with van der Waals surface area (Å²) < 4.78 is 4.50. The Bertz CT molecular complexity index is 995. The zero-order valence-corrected chi connectivity index (χ0v) is 13.9. The number of aryl methyl sites for hydroxylation is 2. The van der Waals surface area contributed by atoms with Crippen molar-refractivity contribution in [3.63, 3.8) is 0 Å². The molecule has 3 aromatic rings. The lowest BCUT2D eigenvalue weighted by Crippen LogP contribution is -2.14. The number of nitriles is 1. The number of hydrogen-bond acceptors (Lipinski definition) is 2. The molecule has 1 aliphatic heterocycles. The van der Waals surface area contributed by atoms with Gasteiger partial charge >= 0.3 is 0 Å². The molecule has 0 saturated heterocycles. The van der Waals surface area contributed by atoms with Crippen LogP contribution in [0.5, 0.6) is 0 Å². The molecule has 1 aliphatic carbocycles. The van der Waals surface area contributed by atoms with Crippen LogP contribution in [-0.2, 0) is 18.5 Å². The average Bonchev–Trinajstić information content (AvgIpc) is 3.08. The van der Waals surface area contributed by atoms with E-state index in [4.69, 9.17) is 5.10 Å². The maximum absolute atomic E-state index is 9.92. The highest BCUT2D eigenvalue weighted by molar-refractivity contribution is 5.94. The lowest BCUT2D eigenvalue weighted by atomic mass is 9.96. The van der Waals surface area contributed by atoms with Crippen molar-refractivity contribution < 1.29 is 0 Å². The molecule has 0 radical (unpaired) electrons. The van der Waals surface area contributed by atoms with Crippen LogP contribution >= 0.6 is 0 Å². The molecule has 2 aromatic heterocycles. The Morgan fingerprint density at radius 3 is 2.71 bits per heavy atom. The van der Waals surface area contributed by atoms with Gasteiger partial charge in [0.15, 0.2) is 0 Å². The molecule has 2 aliphatic rings. The molecule has 4 heteroatoms. The number of fused-ring (bicyclic) bond motifs is 5. The second-order valence-electron chi connectivity index (χ2n) is 7.40. The summed E-state index contributed by atoms with van der Waals surface area (Å²) in [7, 11) is 0. The first-order chi connectivity index (χ1) is 11.7. The van der Waals surface area contributed by atoms with Crippen LogP contribution in [0.15, 0.2) is 30.5 Å². The summed E-state index contributed by atoms with van der Waals surface area (Å²) in [6.07, 6.45) is 6.72. The monoisotopic (exact) mass is 316 g/mol. The van der Waals surface area contributed by atoms with E-state index in [1.807, 2.05) is 6.07 Å². The fraction of sp³-hybridized carbons (Fsp3) is 0.400. The third-order valence-electron chi connectivity index (χ3n) is 5.80. The zero-order valence-electron chi connectivity index (χ0n) is 13.9. The van der Waals surface area contributed by atoms with E-state index in [-0.39, 0.29) is 5.41 Å². The van der Waals surface area contributed by atoms with Gasteiger partial charge < -0.3 is 4.57 Å². The second-order valence-corrected chi connectivity index (χ2v) is 7.40. The number of rotatable bonds is 1. The number of benzene rings is 1. The Labute approximate surface area is 141 Å². The molecule has 1 saturated carbocycles. The van der Waals surface area contributed by atoms with Gasteiger partial charge in [0.05, 0.1) is 23.1 Å². The lowest BCUT2D eigenvalue weighted by molar-refractivity contribution is 0.514. The fourth-order valence-electron chi connectivity index (χ4n) is 4.13. The molecule has 24 heavy (non-hydrogen) atoms. The van der Waals surface area contributed by atoms with E-state index in [0.29, 0.717) is 0 Å². The van der Waals surface area contributed by atoms with Crippen molar-refractivity contribution in [3.05, 3.63) is 41.6 Å². The van der Waals surface area contributed by atoms with Crippen LogP contribution in [0.2, 0.25) is 0 Å². The predicted octanol–water partition coefficient (Wildman–Crippen LogP) is 4.22. The van der Waals surface area contributed by atoms with E-state index < -0.39 is 0 Å². The molecule has 1 fully saturated rings. The van der Waals surface area contributed by atoms with Crippen molar-refractivity contribution in [2.45, 2.75) is 51.1 Å². The van der Waals surface area contributed by atoms with Crippen LogP contribution in [0.1, 0.15) is 43.7 Å². The van der Waals surface area contributed by atoms with Gasteiger partial charge in [-0.25, -0.2) is 0 Å². The van der Waals surface area contributed by atoms with E-state index in [1.54, 1.807) is 0 Å². The largest absolute Gasteiger partial charge is 0.338 e. The minimum atomic E-state index is 0.237. The van der Waals surface area contributed by atoms with Crippen molar-refractivity contribution >= 4 is 10.9 Å². The maximum atomic E-state index is 9.92. The van der Waals surface area contributed by atoms with Gasteiger partial charge in [-0.05, 0) is 37.2 Å². The van der Waals surface area contributed by atoms with Crippen molar-refractivity contribution in [2.24, 2.45) is 0 Å². The van der Waals surface area contributed by atoms with Crippen LogP contribution in [0.4, 0.5) is 0 Å². The van der Waals surface area contributed by atoms with Gasteiger partial charge in [-0.15, -0.1) is 0 Å². The molecule has 0 atom stereocenters. The average molecular weight is 316 g/mol. The molecular weight excluding hydrogens is 296 g/mol. The Morgan fingerprint density at radius 1 is 1.12 bits per heavy atom. The highest BCUT2D eigenvalue weighted by Crippen LogP contribution is 2.51. The van der Waals surface area contributed by atoms with Gasteiger partial charge in [0, 0.05) is 29.6 Å². The number of para-hydroxylation sites is 1. The second kappa shape index (κ2) is 4.73. The van der Waals surface area contributed by atoms with Gasteiger partial charge in [-0.3, -0.25) is 4.68 Å². The standard InChI is InChI=1S/C20H20N4/c1-20(8-9-20)16-13-22-24-11-5-4-10-23-17-7-3-2-6-14(17)15(12-21)18(23)19(16)24/h2-3,6-7,13H,4-5,8-11H2,1H3. The van der Waals surface area contributed by atoms with E-state index in [2.05, 4.69) is 46.6 Å². The van der Waals surface area contributed by atoms with E-state index in [9.17, 15) is 5.26 Å². The predicted molar refractivity (Wildman–Crippen MR) is 93.7 cm³/mol. The topological polar surface area (TPSA) is 46.5 Å². The van der Waals surface area contributed by atoms with Crippen LogP contribution in [0.3, 0.4) is 0 Å². The molecule has 0 amide bonds. The summed E-state index contributed by atoms with van der Waals surface area (Å²) in [5, 5.41) is 15.7. The highest BCUT2D eigenvalue weighted by Gasteiger charge is 2.43. The third kappa shape index (κ3) is 1.76. The molecule has 0 unspecified atom stereocenters. The van der Waals surface area contributed by atoms with Crippen molar-refractivity contribution in [1.82, 2.24) is 14.3 Å². The Hall–Kier alpha value is -2.54. The molecule has 1 aromatic carbocycles. The molecule has 0 N–H and O–H groups in total. The van der Waals surface area contributed by atoms with Gasteiger partial charge in [0.2, 0.25) is 0 Å². The first kappa shape index (κ1) is 13.9. The van der Waals surface area contributed by atoms with Crippen LogP contribution in [0.25, 0.3) is 22.3 Å². The van der Waals surface area contributed by atoms with E-state index in [0.717, 1.165) is 42.6 Å². The van der Waals surface area contributed by atoms with Crippen LogP contribution in [-0.4, -0.2) is 14.3 Å². The zero-order chi connectivity index (χ0) is 16.3. The van der Waals surface area contributed by atoms with E-state index in [1.165, 1.54) is 29.6 Å². The van der Waals surface area contributed by atoms with Gasteiger partial charge in [-0.1, -0.05) is 25.1 Å². The minimum Gasteiger partial charge on any atom is -0.338 e. The third-order valence-corrected chi connectivity index (χ3v) is 5.80. The van der Waals surface area contributed by atoms with Crippen LogP contribution in [0, 0.1) is 11.3 Å². The Kier molecular flexibility index (Phi) is 2.73. The number of aromatic nitrogens is 3. The SMILES string of the molecule is CC1(c2cnn3c2-c2c(C#N)c4ccccc4n2CCCC3)CC1. The molecule has 5 rings (SSSR count). The maximum Gasteiger partial charge on any atom is 0.102 e. The first-order valence-electron chi connectivity index (χ1n) is 8.81. The quantitative estimate of drug-likeness (QED) is 0.674. The van der Waals surface area contributed by atoms with Gasteiger partial charge in [0.25, 0.3) is 0 Å². The van der Waals surface area contributed by atoms with Crippen molar-refractivity contribution in [3.8, 4) is 17.5 Å². The Morgan fingerprint density at radius 2 is 1.92 bits per heavy atom. The summed E-state index contributed by atoms with van der Waals surface area (Å²) in [6.45, 7) is 4.24. The van der Waals surface area contributed by atoms with Gasteiger partial charge in [-0.2, -0.15) is 10.4 Å². The fourth-order valence-corrected chi connectivity index (χ4v) is 4.13. The molecule has 120 valence electrons. The molecule has 4 nitrogen and oxygen atoms in total. The summed E-state index contributed by atoms with van der Waals surface area (Å²) in [5.41, 5.74) is 5.80. The smallest absolute Gasteiger partial charge is 0.102 e. The number of hydrogen-bond donors (Lipinski definition) is 0. The van der Waals surface area contributed by atoms with Gasteiger partial charge in [0.1, 0.15) is 6.07 Å². The summed E-state index contributed by atoms with van der Waals surface area (Å²) in [4.78, 5) is 0. The first-order valence-corrected chi connectivity index (χ1v) is 8.81. The van der Waals surface area contributed by atoms with E-state index >= 15 is 0 Å². The lowest BCUT2D eigenvalue weighted by Gasteiger charge is -2.19. The summed E-state index contributed by atoms with van der Waals surface area (Å²) >= 11 is 0. The normalized spacial score (nSPS) is 18.3.